The van der Waals surface area contributed by atoms with Gasteiger partial charge in [0.2, 0.25) is 0 Å². The summed E-state index contributed by atoms with van der Waals surface area (Å²) >= 11 is 0. The third-order valence-corrected chi connectivity index (χ3v) is 6.08. The lowest BCUT2D eigenvalue weighted by molar-refractivity contribution is -0.187. The Kier molecular flexibility index (Phi) is 2.49. The molecule has 21 heavy (non-hydrogen) atoms. The highest BCUT2D eigenvalue weighted by Crippen LogP contribution is 2.60. The summed E-state index contributed by atoms with van der Waals surface area (Å²) in [7, 11) is 0. The lowest BCUT2D eigenvalue weighted by Crippen LogP contribution is -2.52. The zero-order valence-electron chi connectivity index (χ0n) is 12.8. The molecule has 4 rings (SSSR count). The molecule has 1 N–H and O–H groups in total. The van der Waals surface area contributed by atoms with Crippen molar-refractivity contribution in [3.63, 3.8) is 0 Å². The third kappa shape index (κ3) is 1.56. The summed E-state index contributed by atoms with van der Waals surface area (Å²) in [5, 5.41) is 8.58. The van der Waals surface area contributed by atoms with Crippen LogP contribution in [0, 0.1) is 11.3 Å². The molecular formula is C15H22N4O2. The third-order valence-electron chi connectivity index (χ3n) is 6.08. The van der Waals surface area contributed by atoms with Crippen LogP contribution in [0.1, 0.15) is 57.6 Å². The summed E-state index contributed by atoms with van der Waals surface area (Å²) in [6, 6.07) is 0. The second kappa shape index (κ2) is 3.99. The maximum absolute atomic E-state index is 12.6. The number of fused-ring (bicyclic) bond motifs is 3. The normalized spacial score (nSPS) is 36.8. The molecule has 2 bridgehead atoms. The molecule has 1 aromatic rings. The topological polar surface area (TPSA) is 69.0 Å². The van der Waals surface area contributed by atoms with Crippen LogP contribution in [-0.4, -0.2) is 33.0 Å². The van der Waals surface area contributed by atoms with Crippen molar-refractivity contribution in [1.29, 1.82) is 0 Å². The lowest BCUT2D eigenvalue weighted by Gasteiger charge is -2.47. The van der Waals surface area contributed by atoms with Crippen LogP contribution in [0.15, 0.2) is 0 Å². The predicted molar refractivity (Wildman–Crippen MR) is 76.3 cm³/mol. The highest BCUT2D eigenvalue weighted by molar-refractivity contribution is 5.79. The van der Waals surface area contributed by atoms with Gasteiger partial charge in [-0.25, -0.2) is 4.68 Å². The number of rotatable bonds is 1. The Bertz CT molecular complexity index is 609. The molecule has 2 fully saturated rings. The van der Waals surface area contributed by atoms with Gasteiger partial charge in [0.25, 0.3) is 0 Å². The quantitative estimate of drug-likeness (QED) is 0.796. The monoisotopic (exact) mass is 290 g/mol. The molecule has 3 atom stereocenters. The number of nitrogens with one attached hydrogen (secondary N) is 1. The number of aromatic nitrogens is 3. The summed E-state index contributed by atoms with van der Waals surface area (Å²) < 4.78 is 7.78. The van der Waals surface area contributed by atoms with Gasteiger partial charge in [0.1, 0.15) is 11.5 Å². The van der Waals surface area contributed by atoms with Crippen LogP contribution < -0.4 is 5.43 Å². The van der Waals surface area contributed by atoms with Crippen LogP contribution in [0.25, 0.3) is 0 Å². The average Bonchev–Trinajstić information content (AvgIpc) is 2.89. The van der Waals surface area contributed by atoms with E-state index in [0.29, 0.717) is 0 Å². The smallest absolute Gasteiger partial charge is 0.317 e. The summed E-state index contributed by atoms with van der Waals surface area (Å²) in [6.07, 6.45) is 3.90. The van der Waals surface area contributed by atoms with Crippen molar-refractivity contribution in [2.24, 2.45) is 11.3 Å². The first kappa shape index (κ1) is 13.1. The molecule has 114 valence electrons. The van der Waals surface area contributed by atoms with Gasteiger partial charge in [-0.3, -0.25) is 4.79 Å². The molecule has 6 heteroatoms. The van der Waals surface area contributed by atoms with Gasteiger partial charge in [-0.15, -0.1) is 10.2 Å². The molecule has 3 heterocycles. The van der Waals surface area contributed by atoms with Gasteiger partial charge in [-0.2, -0.15) is 0 Å². The van der Waals surface area contributed by atoms with Crippen molar-refractivity contribution in [1.82, 2.24) is 14.9 Å². The minimum absolute atomic E-state index is 0.0351. The Hall–Kier alpha value is -1.59. The number of hydrogen-bond acceptors (Lipinski definition) is 5. The summed E-state index contributed by atoms with van der Waals surface area (Å²) in [6.45, 7) is 7.39. The number of hydrogen-bond donors (Lipinski definition) is 1. The van der Waals surface area contributed by atoms with E-state index < -0.39 is 0 Å². The second-order valence-corrected chi connectivity index (χ2v) is 7.32. The van der Waals surface area contributed by atoms with Gasteiger partial charge in [0.15, 0.2) is 11.6 Å². The van der Waals surface area contributed by atoms with Crippen LogP contribution in [0.5, 0.6) is 0 Å². The van der Waals surface area contributed by atoms with Crippen molar-refractivity contribution in [2.45, 2.75) is 58.0 Å². The Morgan fingerprint density at radius 2 is 2.14 bits per heavy atom. The van der Waals surface area contributed by atoms with Gasteiger partial charge in [-0.05, 0) is 32.1 Å². The zero-order valence-corrected chi connectivity index (χ0v) is 12.8. The second-order valence-electron chi connectivity index (χ2n) is 7.32. The fourth-order valence-electron chi connectivity index (χ4n) is 4.31. The van der Waals surface area contributed by atoms with Gasteiger partial charge >= 0.3 is 5.97 Å². The molecule has 3 aliphatic rings. The van der Waals surface area contributed by atoms with Crippen LogP contribution in [0.2, 0.25) is 0 Å². The van der Waals surface area contributed by atoms with E-state index in [-0.39, 0.29) is 28.8 Å². The first-order valence-electron chi connectivity index (χ1n) is 7.85. The molecule has 1 saturated carbocycles. The van der Waals surface area contributed by atoms with Gasteiger partial charge < -0.3 is 10.2 Å². The van der Waals surface area contributed by atoms with Crippen molar-refractivity contribution in [3.05, 3.63) is 11.6 Å². The van der Waals surface area contributed by atoms with Crippen LogP contribution in [0.4, 0.5) is 0 Å². The minimum Gasteiger partial charge on any atom is -0.458 e. The molecule has 0 unspecified atom stereocenters. The number of carbonyl (C=O) groups excluding carboxylic acids is 1. The van der Waals surface area contributed by atoms with E-state index in [1.807, 2.05) is 4.68 Å². The molecule has 6 nitrogen and oxygen atoms in total. The lowest BCUT2D eigenvalue weighted by atomic mass is 9.66. The molecule has 0 radical (unpaired) electrons. The van der Waals surface area contributed by atoms with E-state index in [0.717, 1.165) is 43.9 Å². The number of aryl methyl sites for hydroxylation is 1. The number of ether oxygens (including phenoxy) is 1. The molecule has 0 amide bonds. The van der Waals surface area contributed by atoms with E-state index in [1.54, 1.807) is 0 Å². The molecular weight excluding hydrogens is 268 g/mol. The zero-order chi connectivity index (χ0) is 14.8. The molecule has 1 saturated heterocycles. The van der Waals surface area contributed by atoms with E-state index in [1.165, 1.54) is 0 Å². The van der Waals surface area contributed by atoms with Crippen LogP contribution in [-0.2, 0) is 16.0 Å². The van der Waals surface area contributed by atoms with Gasteiger partial charge in [0.05, 0.1) is 0 Å². The molecule has 0 spiro atoms. The van der Waals surface area contributed by atoms with Crippen molar-refractivity contribution in [2.75, 3.05) is 12.0 Å². The van der Waals surface area contributed by atoms with E-state index in [9.17, 15) is 4.79 Å². The first-order chi connectivity index (χ1) is 9.94. The Balaban J connectivity index is 1.78. The number of esters is 1. The SMILES string of the molecule is CC1(C)[C@@H]2CC[C@@]1(C)OC(=O)[C@H]2c1nnc2n1NCCC2. The van der Waals surface area contributed by atoms with Crippen LogP contribution in [0.3, 0.4) is 0 Å². The number of carbonyl (C=O) groups is 1. The van der Waals surface area contributed by atoms with Crippen molar-refractivity contribution < 1.29 is 9.53 Å². The fraction of sp³-hybridized carbons (Fsp3) is 0.800. The maximum atomic E-state index is 12.6. The van der Waals surface area contributed by atoms with E-state index in [4.69, 9.17) is 4.74 Å². The fourth-order valence-corrected chi connectivity index (χ4v) is 4.31. The molecule has 1 aliphatic carbocycles. The van der Waals surface area contributed by atoms with E-state index >= 15 is 0 Å². The van der Waals surface area contributed by atoms with Gasteiger partial charge in [0, 0.05) is 18.4 Å². The molecule has 0 aromatic carbocycles. The first-order valence-corrected chi connectivity index (χ1v) is 7.85. The highest BCUT2D eigenvalue weighted by Gasteiger charge is 2.63. The summed E-state index contributed by atoms with van der Waals surface area (Å²) in [5.74, 6) is 1.48. The van der Waals surface area contributed by atoms with Crippen LogP contribution >= 0.6 is 0 Å². The highest BCUT2D eigenvalue weighted by atomic mass is 16.6. The summed E-state index contributed by atoms with van der Waals surface area (Å²) in [4.78, 5) is 12.6. The van der Waals surface area contributed by atoms with Crippen molar-refractivity contribution >= 4 is 5.97 Å². The predicted octanol–water partition coefficient (Wildman–Crippen LogP) is 1.60. The Morgan fingerprint density at radius 1 is 1.33 bits per heavy atom. The Labute approximate surface area is 124 Å². The van der Waals surface area contributed by atoms with Gasteiger partial charge in [-0.1, -0.05) is 13.8 Å². The molecule has 2 aliphatic heterocycles. The number of nitrogens with zero attached hydrogens (tertiary/aromatic N) is 3. The standard InChI is InChI=1S/C15H22N4O2/c1-14(2)9-6-7-15(14,3)21-13(20)11(9)12-18-17-10-5-4-8-16-19(10)12/h9,11,16H,4-8H2,1-3H3/t9-,11-,15-/m1/s1. The maximum Gasteiger partial charge on any atom is 0.317 e. The minimum atomic E-state index is -0.344. The largest absolute Gasteiger partial charge is 0.458 e. The van der Waals surface area contributed by atoms with Crippen molar-refractivity contribution in [3.8, 4) is 0 Å². The summed E-state index contributed by atoms with van der Waals surface area (Å²) in [5.41, 5.74) is 2.93. The van der Waals surface area contributed by atoms with E-state index in [2.05, 4.69) is 36.4 Å². The average molecular weight is 290 g/mol. The Morgan fingerprint density at radius 3 is 2.95 bits per heavy atom. The molecule has 1 aromatic heterocycles.